The Morgan fingerprint density at radius 1 is 1.30 bits per heavy atom. The summed E-state index contributed by atoms with van der Waals surface area (Å²) in [5.74, 6) is 1.56. The zero-order valence-electron chi connectivity index (χ0n) is 12.8. The molecule has 1 aliphatic heterocycles. The average Bonchev–Trinajstić information content (AvgIpc) is 2.87. The van der Waals surface area contributed by atoms with Crippen LogP contribution in [-0.4, -0.2) is 39.0 Å². The Labute approximate surface area is 132 Å². The summed E-state index contributed by atoms with van der Waals surface area (Å²) in [5.41, 5.74) is 0. The first kappa shape index (κ1) is 15.8. The van der Waals surface area contributed by atoms with Crippen LogP contribution in [0.1, 0.15) is 30.4 Å². The molecule has 0 radical (unpaired) electrons. The number of hydrogen-bond donors (Lipinski definition) is 0. The Bertz CT molecular complexity index is 653. The monoisotopic (exact) mass is 325 g/mol. The lowest BCUT2D eigenvalue weighted by Gasteiger charge is -2.33. The van der Waals surface area contributed by atoms with Gasteiger partial charge in [0.05, 0.1) is 0 Å². The Morgan fingerprint density at radius 3 is 2.83 bits per heavy atom. The third-order valence-corrected chi connectivity index (χ3v) is 3.90. The molecule has 2 aromatic heterocycles. The van der Waals surface area contributed by atoms with Gasteiger partial charge in [0.2, 0.25) is 0 Å². The van der Waals surface area contributed by atoms with E-state index in [9.17, 15) is 13.2 Å². The molecule has 0 aliphatic carbocycles. The van der Waals surface area contributed by atoms with Gasteiger partial charge < -0.3 is 4.90 Å². The number of aryl methyl sites for hydroxylation is 1. The zero-order chi connectivity index (χ0) is 16.4. The van der Waals surface area contributed by atoms with Crippen molar-refractivity contribution in [2.45, 2.75) is 38.4 Å². The van der Waals surface area contributed by atoms with Crippen molar-refractivity contribution in [3.63, 3.8) is 0 Å². The minimum atomic E-state index is -4.30. The lowest BCUT2D eigenvalue weighted by atomic mass is 9.97. The van der Waals surface area contributed by atoms with E-state index < -0.39 is 12.7 Å². The van der Waals surface area contributed by atoms with Gasteiger partial charge in [0.15, 0.2) is 0 Å². The van der Waals surface area contributed by atoms with Gasteiger partial charge in [-0.2, -0.15) is 18.3 Å². The highest BCUT2D eigenvalue weighted by Gasteiger charge is 2.33. The van der Waals surface area contributed by atoms with E-state index in [1.54, 1.807) is 13.1 Å². The Kier molecular flexibility index (Phi) is 4.23. The maximum atomic E-state index is 12.7. The van der Waals surface area contributed by atoms with Crippen molar-refractivity contribution in [3.05, 3.63) is 36.0 Å². The molecule has 1 saturated heterocycles. The highest BCUT2D eigenvalue weighted by atomic mass is 19.4. The Morgan fingerprint density at radius 2 is 2.13 bits per heavy atom. The normalized spacial score (nSPS) is 19.1. The zero-order valence-corrected chi connectivity index (χ0v) is 12.8. The van der Waals surface area contributed by atoms with Crippen LogP contribution >= 0.6 is 0 Å². The smallest absolute Gasteiger partial charge is 0.356 e. The van der Waals surface area contributed by atoms with Gasteiger partial charge in [-0.05, 0) is 31.9 Å². The van der Waals surface area contributed by atoms with Crippen LogP contribution in [0.25, 0.3) is 0 Å². The molecule has 0 bridgehead atoms. The number of rotatable bonds is 3. The van der Waals surface area contributed by atoms with Crippen LogP contribution in [0.3, 0.4) is 0 Å². The molecule has 0 amide bonds. The minimum absolute atomic E-state index is 0.0747. The third-order valence-electron chi connectivity index (χ3n) is 3.90. The molecule has 0 N–H and O–H groups in total. The SMILES string of the molecule is Cc1nc(C2CCCN(c3ccccn3)C2)n(CC(F)(F)F)n1. The van der Waals surface area contributed by atoms with Crippen molar-refractivity contribution < 1.29 is 13.2 Å². The number of aromatic nitrogens is 4. The standard InChI is InChI=1S/C15H18F3N5/c1-11-20-14(23(21-11)10-15(16,17)18)12-5-4-8-22(9-12)13-6-2-3-7-19-13/h2-3,6-7,12H,4-5,8-10H2,1H3. The lowest BCUT2D eigenvalue weighted by Crippen LogP contribution is -2.36. The summed E-state index contributed by atoms with van der Waals surface area (Å²) in [7, 11) is 0. The van der Waals surface area contributed by atoms with E-state index in [4.69, 9.17) is 0 Å². The number of piperidine rings is 1. The van der Waals surface area contributed by atoms with Crippen molar-refractivity contribution in [1.82, 2.24) is 19.7 Å². The van der Waals surface area contributed by atoms with E-state index in [1.807, 2.05) is 18.2 Å². The molecule has 3 heterocycles. The summed E-state index contributed by atoms with van der Waals surface area (Å²) in [6.45, 7) is 1.98. The van der Waals surface area contributed by atoms with Crippen LogP contribution in [0.2, 0.25) is 0 Å². The number of halogens is 3. The van der Waals surface area contributed by atoms with Gasteiger partial charge >= 0.3 is 6.18 Å². The van der Waals surface area contributed by atoms with Crippen molar-refractivity contribution in [2.75, 3.05) is 18.0 Å². The maximum Gasteiger partial charge on any atom is 0.408 e. The van der Waals surface area contributed by atoms with E-state index in [2.05, 4.69) is 20.0 Å². The summed E-state index contributed by atoms with van der Waals surface area (Å²) in [5, 5.41) is 3.92. The largest absolute Gasteiger partial charge is 0.408 e. The van der Waals surface area contributed by atoms with E-state index in [-0.39, 0.29) is 5.92 Å². The first-order valence-corrected chi connectivity index (χ1v) is 7.56. The highest BCUT2D eigenvalue weighted by molar-refractivity contribution is 5.39. The third kappa shape index (κ3) is 3.80. The molecule has 0 aromatic carbocycles. The fourth-order valence-electron chi connectivity index (χ4n) is 3.00. The number of anilines is 1. The first-order chi connectivity index (χ1) is 10.9. The van der Waals surface area contributed by atoms with Crippen LogP contribution in [-0.2, 0) is 6.54 Å². The van der Waals surface area contributed by atoms with Gasteiger partial charge in [0.1, 0.15) is 24.0 Å². The topological polar surface area (TPSA) is 46.8 Å². The molecular weight excluding hydrogens is 307 g/mol. The number of nitrogens with zero attached hydrogens (tertiary/aromatic N) is 5. The molecule has 1 unspecified atom stereocenters. The molecule has 0 spiro atoms. The molecule has 8 heteroatoms. The molecule has 1 atom stereocenters. The molecule has 2 aromatic rings. The average molecular weight is 325 g/mol. The predicted molar refractivity (Wildman–Crippen MR) is 79.2 cm³/mol. The van der Waals surface area contributed by atoms with Crippen molar-refractivity contribution in [2.24, 2.45) is 0 Å². The Hall–Kier alpha value is -2.12. The van der Waals surface area contributed by atoms with Crippen LogP contribution in [0.4, 0.5) is 19.0 Å². The van der Waals surface area contributed by atoms with E-state index in [1.165, 1.54) is 0 Å². The number of hydrogen-bond acceptors (Lipinski definition) is 4. The molecule has 23 heavy (non-hydrogen) atoms. The van der Waals surface area contributed by atoms with Crippen molar-refractivity contribution in [1.29, 1.82) is 0 Å². The van der Waals surface area contributed by atoms with E-state index >= 15 is 0 Å². The van der Waals surface area contributed by atoms with Crippen LogP contribution in [0.15, 0.2) is 24.4 Å². The Balaban J connectivity index is 1.81. The molecule has 5 nitrogen and oxygen atoms in total. The molecule has 124 valence electrons. The highest BCUT2D eigenvalue weighted by Crippen LogP contribution is 2.29. The van der Waals surface area contributed by atoms with E-state index in [0.717, 1.165) is 29.9 Å². The number of alkyl halides is 3. The molecule has 0 saturated carbocycles. The minimum Gasteiger partial charge on any atom is -0.356 e. The second-order valence-electron chi connectivity index (χ2n) is 5.76. The fraction of sp³-hybridized carbons (Fsp3) is 0.533. The summed E-state index contributed by atoms with van der Waals surface area (Å²) in [6.07, 6.45) is -0.891. The van der Waals surface area contributed by atoms with Gasteiger partial charge in [-0.1, -0.05) is 6.07 Å². The van der Waals surface area contributed by atoms with Gasteiger partial charge in [0, 0.05) is 25.2 Å². The van der Waals surface area contributed by atoms with Crippen molar-refractivity contribution in [3.8, 4) is 0 Å². The summed E-state index contributed by atoms with van der Waals surface area (Å²) < 4.78 is 39.2. The van der Waals surface area contributed by atoms with Crippen molar-refractivity contribution >= 4 is 5.82 Å². The van der Waals surface area contributed by atoms with Crippen LogP contribution < -0.4 is 4.90 Å². The summed E-state index contributed by atoms with van der Waals surface area (Å²) in [4.78, 5) is 10.7. The maximum absolute atomic E-state index is 12.7. The van der Waals surface area contributed by atoms with Gasteiger partial charge in [0.25, 0.3) is 0 Å². The lowest BCUT2D eigenvalue weighted by molar-refractivity contribution is -0.143. The number of pyridine rings is 1. The quantitative estimate of drug-likeness (QED) is 0.870. The van der Waals surface area contributed by atoms with Crippen LogP contribution in [0.5, 0.6) is 0 Å². The predicted octanol–water partition coefficient (Wildman–Crippen LogP) is 2.93. The summed E-state index contributed by atoms with van der Waals surface area (Å²) >= 11 is 0. The fourth-order valence-corrected chi connectivity index (χ4v) is 3.00. The second kappa shape index (κ2) is 6.17. The van der Waals surface area contributed by atoms with E-state index in [0.29, 0.717) is 18.2 Å². The molecule has 1 fully saturated rings. The van der Waals surface area contributed by atoms with Crippen LogP contribution in [0, 0.1) is 6.92 Å². The molecular formula is C15H18F3N5. The first-order valence-electron chi connectivity index (χ1n) is 7.56. The molecule has 3 rings (SSSR count). The summed E-state index contributed by atoms with van der Waals surface area (Å²) in [6, 6.07) is 5.66. The van der Waals surface area contributed by atoms with Gasteiger partial charge in [-0.3, -0.25) is 0 Å². The van der Waals surface area contributed by atoms with Gasteiger partial charge in [-0.15, -0.1) is 0 Å². The second-order valence-corrected chi connectivity index (χ2v) is 5.76. The van der Waals surface area contributed by atoms with Gasteiger partial charge in [-0.25, -0.2) is 14.6 Å². The molecule has 1 aliphatic rings.